The molecule has 0 saturated heterocycles. The minimum absolute atomic E-state index is 0.290. The predicted molar refractivity (Wildman–Crippen MR) is 150 cm³/mol. The largest absolute Gasteiger partial charge is 0.462 e. The SMILES string of the molecule is CCCCCCCCCCCOC(=O)c1ccc2nc3c4ccccc4c4ccccc4c3nc2c1. The van der Waals surface area contributed by atoms with E-state index in [1.54, 1.807) is 6.07 Å². The number of nitrogens with zero attached hydrogens (tertiary/aromatic N) is 2. The molecule has 0 fully saturated rings. The van der Waals surface area contributed by atoms with Crippen LogP contribution < -0.4 is 0 Å². The van der Waals surface area contributed by atoms with Gasteiger partial charge in [-0.2, -0.15) is 0 Å². The van der Waals surface area contributed by atoms with Crippen molar-refractivity contribution in [2.24, 2.45) is 0 Å². The molecule has 4 heteroatoms. The van der Waals surface area contributed by atoms with Gasteiger partial charge in [-0.25, -0.2) is 14.8 Å². The molecule has 1 aromatic heterocycles. The van der Waals surface area contributed by atoms with Gasteiger partial charge >= 0.3 is 5.97 Å². The molecule has 0 radical (unpaired) electrons. The van der Waals surface area contributed by atoms with Gasteiger partial charge in [-0.3, -0.25) is 0 Å². The maximum Gasteiger partial charge on any atom is 0.338 e. The number of carbonyl (C=O) groups is 1. The van der Waals surface area contributed by atoms with E-state index in [1.165, 1.54) is 50.3 Å². The number of hydrogen-bond acceptors (Lipinski definition) is 4. The zero-order valence-corrected chi connectivity index (χ0v) is 21.1. The Kier molecular flexibility index (Phi) is 7.70. The molecule has 36 heavy (non-hydrogen) atoms. The van der Waals surface area contributed by atoms with E-state index in [4.69, 9.17) is 14.7 Å². The lowest BCUT2D eigenvalue weighted by Crippen LogP contribution is -2.06. The summed E-state index contributed by atoms with van der Waals surface area (Å²) in [6.07, 6.45) is 11.2. The van der Waals surface area contributed by atoms with E-state index in [0.29, 0.717) is 17.7 Å². The van der Waals surface area contributed by atoms with E-state index < -0.39 is 0 Å². The Morgan fingerprint density at radius 1 is 0.639 bits per heavy atom. The number of carbonyl (C=O) groups excluding carboxylic acids is 1. The molecule has 1 heterocycles. The molecule has 0 bridgehead atoms. The first-order chi connectivity index (χ1) is 17.8. The van der Waals surface area contributed by atoms with Crippen molar-refractivity contribution in [1.82, 2.24) is 9.97 Å². The van der Waals surface area contributed by atoms with E-state index >= 15 is 0 Å². The number of aromatic nitrogens is 2. The first-order valence-electron chi connectivity index (χ1n) is 13.4. The number of ether oxygens (including phenoxy) is 1. The second-order valence-corrected chi connectivity index (χ2v) is 9.68. The number of fused-ring (bicyclic) bond motifs is 7. The molecule has 5 aromatic rings. The van der Waals surface area contributed by atoms with Crippen molar-refractivity contribution in [2.75, 3.05) is 6.61 Å². The Labute approximate surface area is 212 Å². The molecular weight excluding hydrogens is 444 g/mol. The van der Waals surface area contributed by atoms with Gasteiger partial charge in [0.2, 0.25) is 0 Å². The van der Waals surface area contributed by atoms with E-state index in [-0.39, 0.29) is 5.97 Å². The highest BCUT2D eigenvalue weighted by atomic mass is 16.5. The number of rotatable bonds is 11. The van der Waals surface area contributed by atoms with Gasteiger partial charge in [0, 0.05) is 10.8 Å². The molecule has 0 aliphatic carbocycles. The third-order valence-corrected chi connectivity index (χ3v) is 7.04. The van der Waals surface area contributed by atoms with Crippen molar-refractivity contribution in [2.45, 2.75) is 64.7 Å². The highest BCUT2D eigenvalue weighted by Crippen LogP contribution is 2.34. The van der Waals surface area contributed by atoms with Crippen LogP contribution >= 0.6 is 0 Å². The molecule has 0 N–H and O–H groups in total. The van der Waals surface area contributed by atoms with Gasteiger partial charge in [0.15, 0.2) is 0 Å². The summed E-state index contributed by atoms with van der Waals surface area (Å²) in [5.74, 6) is -0.290. The zero-order valence-electron chi connectivity index (χ0n) is 21.1. The van der Waals surface area contributed by atoms with E-state index in [0.717, 1.165) is 45.6 Å². The van der Waals surface area contributed by atoms with Crippen molar-refractivity contribution in [3.8, 4) is 0 Å². The fourth-order valence-corrected chi connectivity index (χ4v) is 5.07. The van der Waals surface area contributed by atoms with Gasteiger partial charge in [-0.15, -0.1) is 0 Å². The van der Waals surface area contributed by atoms with Gasteiger partial charge in [-0.1, -0.05) is 107 Å². The summed E-state index contributed by atoms with van der Waals surface area (Å²) in [6, 6.07) is 22.1. The average Bonchev–Trinajstić information content (AvgIpc) is 2.93. The van der Waals surface area contributed by atoms with Crippen LogP contribution in [0.3, 0.4) is 0 Å². The van der Waals surface area contributed by atoms with E-state index in [9.17, 15) is 4.79 Å². The highest BCUT2D eigenvalue weighted by molar-refractivity contribution is 6.23. The Hall–Kier alpha value is -3.53. The predicted octanol–water partition coefficient (Wildman–Crippen LogP) is 8.78. The monoisotopic (exact) mass is 478 g/mol. The first kappa shape index (κ1) is 24.2. The maximum absolute atomic E-state index is 12.7. The molecular formula is C32H34N2O2. The molecule has 4 aromatic carbocycles. The van der Waals surface area contributed by atoms with Gasteiger partial charge < -0.3 is 4.74 Å². The van der Waals surface area contributed by atoms with Crippen molar-refractivity contribution in [1.29, 1.82) is 0 Å². The van der Waals surface area contributed by atoms with Gasteiger partial charge in [-0.05, 0) is 35.4 Å². The third-order valence-electron chi connectivity index (χ3n) is 7.04. The van der Waals surface area contributed by atoms with Gasteiger partial charge in [0.25, 0.3) is 0 Å². The number of hydrogen-bond donors (Lipinski definition) is 0. The standard InChI is InChI=1S/C32H34N2O2/c1-2-3-4-5-6-7-8-9-14-21-36-32(35)23-19-20-28-29(22-23)34-31-27-18-13-11-16-25(27)24-15-10-12-17-26(24)30(31)33-28/h10-13,15-20,22H,2-9,14,21H2,1H3. The quantitative estimate of drug-likeness (QED) is 0.0824. The topological polar surface area (TPSA) is 52.1 Å². The van der Waals surface area contributed by atoms with Crippen LogP contribution in [0.25, 0.3) is 43.6 Å². The van der Waals surface area contributed by atoms with Crippen LogP contribution in [0.15, 0.2) is 66.7 Å². The Bertz CT molecular complexity index is 1510. The molecule has 184 valence electrons. The van der Waals surface area contributed by atoms with Crippen molar-refractivity contribution in [3.05, 3.63) is 72.3 Å². The lowest BCUT2D eigenvalue weighted by molar-refractivity contribution is 0.0498. The molecule has 0 spiro atoms. The maximum atomic E-state index is 12.7. The molecule has 0 amide bonds. The lowest BCUT2D eigenvalue weighted by atomic mass is 9.99. The number of esters is 1. The molecule has 0 saturated carbocycles. The van der Waals surface area contributed by atoms with Crippen LogP contribution in [-0.4, -0.2) is 22.5 Å². The highest BCUT2D eigenvalue weighted by Gasteiger charge is 2.14. The number of unbranched alkanes of at least 4 members (excludes halogenated alkanes) is 8. The van der Waals surface area contributed by atoms with Crippen LogP contribution in [0.5, 0.6) is 0 Å². The van der Waals surface area contributed by atoms with Crippen molar-refractivity contribution in [3.63, 3.8) is 0 Å². The Balaban J connectivity index is 1.29. The van der Waals surface area contributed by atoms with Gasteiger partial charge in [0.05, 0.1) is 34.2 Å². The van der Waals surface area contributed by atoms with Gasteiger partial charge in [0.1, 0.15) is 0 Å². The Morgan fingerprint density at radius 2 is 1.17 bits per heavy atom. The summed E-state index contributed by atoms with van der Waals surface area (Å²) in [7, 11) is 0. The van der Waals surface area contributed by atoms with Crippen LogP contribution in [0.2, 0.25) is 0 Å². The van der Waals surface area contributed by atoms with Crippen LogP contribution in [0.4, 0.5) is 0 Å². The minimum Gasteiger partial charge on any atom is -0.462 e. The molecule has 0 aliphatic heterocycles. The minimum atomic E-state index is -0.290. The molecule has 0 aliphatic rings. The third kappa shape index (κ3) is 5.18. The van der Waals surface area contributed by atoms with Crippen LogP contribution in [0.1, 0.15) is 75.1 Å². The molecule has 0 atom stereocenters. The average molecular weight is 479 g/mol. The fraction of sp³-hybridized carbons (Fsp3) is 0.344. The summed E-state index contributed by atoms with van der Waals surface area (Å²) in [6.45, 7) is 2.71. The second kappa shape index (κ2) is 11.5. The number of benzene rings is 4. The summed E-state index contributed by atoms with van der Waals surface area (Å²) in [4.78, 5) is 22.7. The van der Waals surface area contributed by atoms with Crippen molar-refractivity contribution < 1.29 is 9.53 Å². The van der Waals surface area contributed by atoms with Crippen molar-refractivity contribution >= 4 is 49.6 Å². The first-order valence-corrected chi connectivity index (χ1v) is 13.4. The lowest BCUT2D eigenvalue weighted by Gasteiger charge is -2.10. The Morgan fingerprint density at radius 3 is 1.78 bits per heavy atom. The van der Waals surface area contributed by atoms with E-state index in [1.807, 2.05) is 24.3 Å². The normalized spacial score (nSPS) is 11.6. The smallest absolute Gasteiger partial charge is 0.338 e. The molecule has 5 rings (SSSR count). The fourth-order valence-electron chi connectivity index (χ4n) is 5.07. The zero-order chi connectivity index (χ0) is 24.7. The summed E-state index contributed by atoms with van der Waals surface area (Å²) in [5, 5.41) is 4.49. The van der Waals surface area contributed by atoms with Crippen LogP contribution in [0, 0.1) is 0 Å². The molecule has 4 nitrogen and oxygen atoms in total. The molecule has 0 unspecified atom stereocenters. The van der Waals surface area contributed by atoms with E-state index in [2.05, 4.69) is 43.3 Å². The summed E-state index contributed by atoms with van der Waals surface area (Å²) >= 11 is 0. The summed E-state index contributed by atoms with van der Waals surface area (Å²) in [5.41, 5.74) is 3.76. The second-order valence-electron chi connectivity index (χ2n) is 9.68. The van der Waals surface area contributed by atoms with Crippen LogP contribution in [-0.2, 0) is 4.74 Å². The summed E-state index contributed by atoms with van der Waals surface area (Å²) < 4.78 is 5.56.